The summed E-state index contributed by atoms with van der Waals surface area (Å²) in [6.07, 6.45) is 1.91. The third-order valence-electron chi connectivity index (χ3n) is 8.39. The maximum absolute atomic E-state index is 16.8. The summed E-state index contributed by atoms with van der Waals surface area (Å²) in [7, 11) is 0. The molecule has 3 N–H and O–H groups in total. The smallest absolute Gasteiger partial charge is 0.336 e. The number of carbonyl (C=O) groups excluding carboxylic acids is 2. The minimum absolute atomic E-state index is 0.0564. The van der Waals surface area contributed by atoms with Gasteiger partial charge in [0.2, 0.25) is 0 Å². The van der Waals surface area contributed by atoms with Gasteiger partial charge in [0.15, 0.2) is 22.8 Å². The van der Waals surface area contributed by atoms with Gasteiger partial charge >= 0.3 is 5.97 Å². The second-order valence-electron chi connectivity index (χ2n) is 9.45. The molecule has 0 radical (unpaired) electrons. The number of aliphatic hydroxyl groups excluding tert-OH is 1. The molecular formula is C21H25FO6. The van der Waals surface area contributed by atoms with Gasteiger partial charge in [-0.05, 0) is 43.8 Å². The lowest BCUT2D eigenvalue weighted by Crippen LogP contribution is -2.70. The molecule has 0 aromatic heterocycles. The van der Waals surface area contributed by atoms with Gasteiger partial charge in [0, 0.05) is 23.3 Å². The van der Waals surface area contributed by atoms with E-state index >= 15 is 4.39 Å². The van der Waals surface area contributed by atoms with E-state index in [2.05, 4.69) is 0 Å². The van der Waals surface area contributed by atoms with Gasteiger partial charge in [0.1, 0.15) is 0 Å². The maximum Gasteiger partial charge on any atom is 0.336 e. The summed E-state index contributed by atoms with van der Waals surface area (Å²) in [4.78, 5) is 36.6. The molecule has 0 spiro atoms. The summed E-state index contributed by atoms with van der Waals surface area (Å²) < 4.78 is 16.8. The predicted molar refractivity (Wildman–Crippen MR) is 95.9 cm³/mol. The van der Waals surface area contributed by atoms with E-state index in [9.17, 15) is 29.7 Å². The average molecular weight is 392 g/mol. The monoisotopic (exact) mass is 392 g/mol. The van der Waals surface area contributed by atoms with Crippen molar-refractivity contribution in [2.75, 3.05) is 0 Å². The highest BCUT2D eigenvalue weighted by Gasteiger charge is 2.76. The van der Waals surface area contributed by atoms with Gasteiger partial charge in [-0.2, -0.15) is 0 Å². The zero-order valence-corrected chi connectivity index (χ0v) is 16.1. The van der Waals surface area contributed by atoms with Crippen LogP contribution in [0.3, 0.4) is 0 Å². The molecular weight excluding hydrogens is 367 g/mol. The van der Waals surface area contributed by atoms with E-state index < -0.39 is 57.7 Å². The van der Waals surface area contributed by atoms with Crippen molar-refractivity contribution < 1.29 is 34.1 Å². The van der Waals surface area contributed by atoms with E-state index in [4.69, 9.17) is 0 Å². The molecule has 0 unspecified atom stereocenters. The molecule has 3 saturated carbocycles. The van der Waals surface area contributed by atoms with Crippen LogP contribution in [0.1, 0.15) is 40.0 Å². The largest absolute Gasteiger partial charge is 0.479 e. The predicted octanol–water partition coefficient (Wildman–Crippen LogP) is 1.60. The highest BCUT2D eigenvalue weighted by Crippen LogP contribution is 2.70. The standard InChI is InChI=1S/C21H25FO6/c1-10-6-12-13-8-15(24)14-7-11(23)4-5-18(14,2)20(13,22)16(25)9-19(12,3)21(10,28)17(26)27/h4-5,7,10,12-13,16,25,28H,6,8-9H2,1-3H3,(H,26,27)/t10-,12+,13+,16+,18+,19+,20+,21+/m1/s1. The van der Waals surface area contributed by atoms with Crippen LogP contribution in [0.25, 0.3) is 0 Å². The summed E-state index contributed by atoms with van der Waals surface area (Å²) in [5.74, 6) is -4.35. The summed E-state index contributed by atoms with van der Waals surface area (Å²) >= 11 is 0. The number of allylic oxidation sites excluding steroid dienone is 4. The first-order valence-corrected chi connectivity index (χ1v) is 9.65. The first-order valence-electron chi connectivity index (χ1n) is 9.65. The molecule has 7 heteroatoms. The topological polar surface area (TPSA) is 112 Å². The zero-order valence-electron chi connectivity index (χ0n) is 16.1. The maximum atomic E-state index is 16.8. The number of carbonyl (C=O) groups is 3. The molecule has 0 amide bonds. The molecule has 0 bridgehead atoms. The number of hydrogen-bond acceptors (Lipinski definition) is 5. The van der Waals surface area contributed by atoms with Gasteiger partial charge in [0.05, 0.1) is 11.5 Å². The van der Waals surface area contributed by atoms with Gasteiger partial charge in [0.25, 0.3) is 0 Å². The van der Waals surface area contributed by atoms with E-state index in [1.54, 1.807) is 13.8 Å². The fraction of sp³-hybridized carbons (Fsp3) is 0.667. The lowest BCUT2D eigenvalue weighted by molar-refractivity contribution is -0.224. The summed E-state index contributed by atoms with van der Waals surface area (Å²) in [6.45, 7) is 4.71. The lowest BCUT2D eigenvalue weighted by atomic mass is 9.44. The summed E-state index contributed by atoms with van der Waals surface area (Å²) in [5.41, 5.74) is -7.05. The number of fused-ring (bicyclic) bond motifs is 5. The Bertz CT molecular complexity index is 863. The molecule has 4 rings (SSSR count). The average Bonchev–Trinajstić information content (AvgIpc) is 2.81. The van der Waals surface area contributed by atoms with E-state index in [1.165, 1.54) is 19.1 Å². The quantitative estimate of drug-likeness (QED) is 0.625. The number of aliphatic hydroxyl groups is 2. The Morgan fingerprint density at radius 1 is 1.25 bits per heavy atom. The molecule has 0 aromatic carbocycles. The van der Waals surface area contributed by atoms with Crippen LogP contribution in [0.15, 0.2) is 23.8 Å². The molecule has 152 valence electrons. The fourth-order valence-corrected chi connectivity index (χ4v) is 6.83. The van der Waals surface area contributed by atoms with Crippen molar-refractivity contribution in [3.8, 4) is 0 Å². The fourth-order valence-electron chi connectivity index (χ4n) is 6.83. The molecule has 0 aliphatic heterocycles. The van der Waals surface area contributed by atoms with Crippen molar-refractivity contribution >= 4 is 17.5 Å². The Kier molecular flexibility index (Phi) is 3.74. The second-order valence-corrected chi connectivity index (χ2v) is 9.45. The van der Waals surface area contributed by atoms with Crippen molar-refractivity contribution in [2.45, 2.75) is 57.4 Å². The number of ketones is 2. The van der Waals surface area contributed by atoms with Crippen LogP contribution in [-0.2, 0) is 14.4 Å². The van der Waals surface area contributed by atoms with Crippen LogP contribution in [0.5, 0.6) is 0 Å². The first-order chi connectivity index (χ1) is 12.8. The van der Waals surface area contributed by atoms with Crippen LogP contribution in [0.4, 0.5) is 4.39 Å². The van der Waals surface area contributed by atoms with E-state index in [0.717, 1.165) is 6.08 Å². The molecule has 0 heterocycles. The number of hydrogen-bond donors (Lipinski definition) is 3. The Hall–Kier alpha value is -1.86. The van der Waals surface area contributed by atoms with Gasteiger partial charge in [-0.15, -0.1) is 0 Å². The van der Waals surface area contributed by atoms with Crippen LogP contribution in [0, 0.1) is 28.6 Å². The van der Waals surface area contributed by atoms with E-state index in [1.807, 2.05) is 0 Å². The van der Waals surface area contributed by atoms with Crippen molar-refractivity contribution in [1.29, 1.82) is 0 Å². The number of alkyl halides is 1. The van der Waals surface area contributed by atoms with Crippen molar-refractivity contribution in [1.82, 2.24) is 0 Å². The normalized spacial score (nSPS) is 52.6. The molecule has 3 fully saturated rings. The summed E-state index contributed by atoms with van der Waals surface area (Å²) in [5, 5.41) is 31.9. The van der Waals surface area contributed by atoms with Crippen LogP contribution >= 0.6 is 0 Å². The minimum atomic E-state index is -2.24. The number of rotatable bonds is 1. The third kappa shape index (κ3) is 1.87. The van der Waals surface area contributed by atoms with Crippen LogP contribution in [0.2, 0.25) is 0 Å². The SMILES string of the molecule is C[C@@H]1C[C@H]2[C@@H]3CC(=O)C4=CC(=O)C=C[C@]4(C)[C@@]3(F)[C@@H](O)C[C@]2(C)[C@@]1(O)C(=O)O. The van der Waals surface area contributed by atoms with Crippen LogP contribution in [-0.4, -0.2) is 50.2 Å². The number of carboxylic acids is 1. The second kappa shape index (κ2) is 5.39. The van der Waals surface area contributed by atoms with E-state index in [0.29, 0.717) is 0 Å². The van der Waals surface area contributed by atoms with Crippen LogP contribution < -0.4 is 0 Å². The number of halogens is 1. The molecule has 0 aromatic rings. The molecule has 4 aliphatic carbocycles. The number of carboxylic acid groups (broad SMARTS) is 1. The Balaban J connectivity index is 1.90. The third-order valence-corrected chi connectivity index (χ3v) is 8.39. The van der Waals surface area contributed by atoms with E-state index in [-0.39, 0.29) is 30.6 Å². The molecule has 28 heavy (non-hydrogen) atoms. The van der Waals surface area contributed by atoms with Gasteiger partial charge in [-0.25, -0.2) is 9.18 Å². The number of aliphatic carboxylic acids is 1. The molecule has 6 nitrogen and oxygen atoms in total. The van der Waals surface area contributed by atoms with Gasteiger partial charge in [-0.1, -0.05) is 19.9 Å². The molecule has 0 saturated heterocycles. The minimum Gasteiger partial charge on any atom is -0.479 e. The van der Waals surface area contributed by atoms with Crippen molar-refractivity contribution in [2.24, 2.45) is 28.6 Å². The Morgan fingerprint density at radius 3 is 2.50 bits per heavy atom. The highest BCUT2D eigenvalue weighted by atomic mass is 19.1. The number of Topliss-reactive ketones (excluding diaryl/α,β-unsaturated/α-hetero) is 1. The Labute approximate surface area is 162 Å². The Morgan fingerprint density at radius 2 is 1.89 bits per heavy atom. The molecule has 8 atom stereocenters. The highest BCUT2D eigenvalue weighted by molar-refractivity contribution is 6.10. The zero-order chi connectivity index (χ0) is 20.9. The lowest BCUT2D eigenvalue weighted by Gasteiger charge is -2.61. The van der Waals surface area contributed by atoms with Crippen molar-refractivity contribution in [3.05, 3.63) is 23.8 Å². The van der Waals surface area contributed by atoms with Gasteiger partial charge < -0.3 is 15.3 Å². The first kappa shape index (κ1) is 19.5. The molecule has 4 aliphatic rings. The summed E-state index contributed by atoms with van der Waals surface area (Å²) in [6, 6.07) is 0. The van der Waals surface area contributed by atoms with Crippen molar-refractivity contribution in [3.63, 3.8) is 0 Å². The van der Waals surface area contributed by atoms with Gasteiger partial charge in [-0.3, -0.25) is 9.59 Å².